The van der Waals surface area contributed by atoms with E-state index in [1.807, 2.05) is 17.0 Å². The van der Waals surface area contributed by atoms with Gasteiger partial charge in [0.05, 0.1) is 21.7 Å². The molecule has 0 aliphatic carbocycles. The second-order valence-electron chi connectivity index (χ2n) is 6.08. The molecular weight excluding hydrogens is 373 g/mol. The van der Waals surface area contributed by atoms with Gasteiger partial charge < -0.3 is 4.90 Å². The van der Waals surface area contributed by atoms with E-state index in [4.69, 9.17) is 23.2 Å². The van der Waals surface area contributed by atoms with Crippen LogP contribution < -0.4 is 0 Å². The van der Waals surface area contributed by atoms with Crippen LogP contribution in [-0.2, 0) is 0 Å². The number of nitrogens with zero attached hydrogens (tertiary/aromatic N) is 5. The molecule has 8 heteroatoms. The minimum absolute atomic E-state index is 0.00717. The van der Waals surface area contributed by atoms with Crippen LogP contribution in [-0.4, -0.2) is 37.1 Å². The SMILES string of the molecule is O=C(c1ccc(-n2cncn2)nc1)N1CCC[C@H]1c1ccc(Cl)c(Cl)c1. The Bertz CT molecular complexity index is 927. The lowest BCUT2D eigenvalue weighted by molar-refractivity contribution is 0.0735. The average Bonchev–Trinajstić information content (AvgIpc) is 3.35. The third-order valence-electron chi connectivity index (χ3n) is 4.49. The Balaban J connectivity index is 1.57. The van der Waals surface area contributed by atoms with Crippen molar-refractivity contribution in [1.82, 2.24) is 24.6 Å². The van der Waals surface area contributed by atoms with Gasteiger partial charge in [0.25, 0.3) is 5.91 Å². The molecule has 1 amide bonds. The van der Waals surface area contributed by atoms with Crippen LogP contribution in [0.2, 0.25) is 10.0 Å². The van der Waals surface area contributed by atoms with Gasteiger partial charge in [-0.15, -0.1) is 0 Å². The van der Waals surface area contributed by atoms with Gasteiger partial charge >= 0.3 is 0 Å². The highest BCUT2D eigenvalue weighted by atomic mass is 35.5. The monoisotopic (exact) mass is 387 g/mol. The minimum Gasteiger partial charge on any atom is -0.332 e. The summed E-state index contributed by atoms with van der Waals surface area (Å²) in [5, 5.41) is 5.05. The van der Waals surface area contributed by atoms with E-state index in [1.54, 1.807) is 35.4 Å². The number of likely N-dealkylation sites (tertiary alicyclic amines) is 1. The lowest BCUT2D eigenvalue weighted by atomic mass is 10.0. The lowest BCUT2D eigenvalue weighted by Crippen LogP contribution is -2.30. The van der Waals surface area contributed by atoms with E-state index in [9.17, 15) is 4.79 Å². The third-order valence-corrected chi connectivity index (χ3v) is 5.23. The number of carbonyl (C=O) groups is 1. The van der Waals surface area contributed by atoms with E-state index < -0.39 is 0 Å². The number of carbonyl (C=O) groups excluding carboxylic acids is 1. The van der Waals surface area contributed by atoms with E-state index in [1.165, 1.54) is 6.33 Å². The molecule has 4 rings (SSSR count). The first kappa shape index (κ1) is 17.0. The van der Waals surface area contributed by atoms with Gasteiger partial charge in [-0.3, -0.25) is 4.79 Å². The summed E-state index contributed by atoms with van der Waals surface area (Å²) in [5.74, 6) is 0.567. The van der Waals surface area contributed by atoms with Crippen molar-refractivity contribution in [3.05, 3.63) is 70.4 Å². The number of halogens is 2. The van der Waals surface area contributed by atoms with Crippen LogP contribution >= 0.6 is 23.2 Å². The van der Waals surface area contributed by atoms with Gasteiger partial charge in [0.2, 0.25) is 0 Å². The van der Waals surface area contributed by atoms with Gasteiger partial charge in [-0.2, -0.15) is 5.10 Å². The van der Waals surface area contributed by atoms with Crippen molar-refractivity contribution >= 4 is 29.1 Å². The maximum atomic E-state index is 13.0. The van der Waals surface area contributed by atoms with E-state index >= 15 is 0 Å². The molecule has 1 atom stereocenters. The molecule has 0 saturated carbocycles. The Kier molecular flexibility index (Phi) is 4.61. The molecular formula is C18H15Cl2N5O. The van der Waals surface area contributed by atoms with Crippen molar-refractivity contribution < 1.29 is 4.79 Å². The number of rotatable bonds is 3. The first-order chi connectivity index (χ1) is 12.6. The van der Waals surface area contributed by atoms with Gasteiger partial charge in [0.15, 0.2) is 5.82 Å². The molecule has 2 aromatic heterocycles. The van der Waals surface area contributed by atoms with Crippen LogP contribution in [0.15, 0.2) is 49.2 Å². The zero-order valence-corrected chi connectivity index (χ0v) is 15.2. The number of pyridine rings is 1. The predicted octanol–water partition coefficient (Wildman–Crippen LogP) is 3.95. The van der Waals surface area contributed by atoms with Crippen LogP contribution in [0.1, 0.15) is 34.8 Å². The standard InChI is InChI=1S/C18H15Cl2N5O/c19-14-5-3-12(8-15(14)20)16-2-1-7-24(16)18(26)13-4-6-17(22-9-13)25-11-21-10-23-25/h3-6,8-11,16H,1-2,7H2/t16-/m0/s1. The van der Waals surface area contributed by atoms with E-state index in [0.717, 1.165) is 18.4 Å². The van der Waals surface area contributed by atoms with Gasteiger partial charge in [-0.1, -0.05) is 29.3 Å². The summed E-state index contributed by atoms with van der Waals surface area (Å²) in [7, 11) is 0. The highest BCUT2D eigenvalue weighted by Crippen LogP contribution is 2.35. The molecule has 0 unspecified atom stereocenters. The minimum atomic E-state index is -0.0452. The van der Waals surface area contributed by atoms with Crippen molar-refractivity contribution in [3.8, 4) is 5.82 Å². The van der Waals surface area contributed by atoms with Gasteiger partial charge in [-0.05, 0) is 42.7 Å². The van der Waals surface area contributed by atoms with Crippen LogP contribution in [0, 0.1) is 0 Å². The first-order valence-corrected chi connectivity index (χ1v) is 8.96. The van der Waals surface area contributed by atoms with Gasteiger partial charge in [0.1, 0.15) is 12.7 Å². The van der Waals surface area contributed by atoms with E-state index in [2.05, 4.69) is 15.1 Å². The Morgan fingerprint density at radius 3 is 2.73 bits per heavy atom. The quantitative estimate of drug-likeness (QED) is 0.682. The van der Waals surface area contributed by atoms with Crippen molar-refractivity contribution in [2.45, 2.75) is 18.9 Å². The van der Waals surface area contributed by atoms with E-state index in [0.29, 0.717) is 28.0 Å². The fourth-order valence-electron chi connectivity index (χ4n) is 3.22. The molecule has 1 saturated heterocycles. The van der Waals surface area contributed by atoms with Crippen molar-refractivity contribution in [2.75, 3.05) is 6.54 Å². The Labute approximate surface area is 160 Å². The molecule has 0 spiro atoms. The van der Waals surface area contributed by atoms with Crippen LogP contribution in [0.5, 0.6) is 0 Å². The fraction of sp³-hybridized carbons (Fsp3) is 0.222. The molecule has 3 heterocycles. The molecule has 1 fully saturated rings. The molecule has 0 N–H and O–H groups in total. The zero-order chi connectivity index (χ0) is 18.1. The number of hydrogen-bond donors (Lipinski definition) is 0. The van der Waals surface area contributed by atoms with Crippen molar-refractivity contribution in [1.29, 1.82) is 0 Å². The highest BCUT2D eigenvalue weighted by molar-refractivity contribution is 6.42. The van der Waals surface area contributed by atoms with Crippen molar-refractivity contribution in [3.63, 3.8) is 0 Å². The number of aromatic nitrogens is 4. The second-order valence-corrected chi connectivity index (χ2v) is 6.89. The molecule has 1 aliphatic rings. The Hall–Kier alpha value is -2.44. The second kappa shape index (κ2) is 7.05. The third kappa shape index (κ3) is 3.18. The summed E-state index contributed by atoms with van der Waals surface area (Å²) >= 11 is 12.2. The number of benzene rings is 1. The Morgan fingerprint density at radius 1 is 1.15 bits per heavy atom. The molecule has 6 nitrogen and oxygen atoms in total. The maximum Gasteiger partial charge on any atom is 0.255 e. The smallest absolute Gasteiger partial charge is 0.255 e. The molecule has 1 aromatic carbocycles. The molecule has 0 radical (unpaired) electrons. The lowest BCUT2D eigenvalue weighted by Gasteiger charge is -2.25. The topological polar surface area (TPSA) is 63.9 Å². The highest BCUT2D eigenvalue weighted by Gasteiger charge is 2.31. The fourth-order valence-corrected chi connectivity index (χ4v) is 3.52. The van der Waals surface area contributed by atoms with Crippen molar-refractivity contribution in [2.24, 2.45) is 0 Å². The maximum absolute atomic E-state index is 13.0. The summed E-state index contributed by atoms with van der Waals surface area (Å²) in [5.41, 5.74) is 1.54. The van der Waals surface area contributed by atoms with Crippen LogP contribution in [0.3, 0.4) is 0 Å². The summed E-state index contributed by atoms with van der Waals surface area (Å²) in [6.07, 6.45) is 6.41. The van der Waals surface area contributed by atoms with Gasteiger partial charge in [0, 0.05) is 12.7 Å². The zero-order valence-electron chi connectivity index (χ0n) is 13.7. The normalized spacial score (nSPS) is 16.8. The molecule has 26 heavy (non-hydrogen) atoms. The molecule has 3 aromatic rings. The summed E-state index contributed by atoms with van der Waals surface area (Å²) in [6.45, 7) is 0.703. The average molecular weight is 388 g/mol. The molecule has 1 aliphatic heterocycles. The van der Waals surface area contributed by atoms with Crippen LogP contribution in [0.25, 0.3) is 5.82 Å². The summed E-state index contributed by atoms with van der Waals surface area (Å²) in [4.78, 5) is 23.0. The Morgan fingerprint density at radius 2 is 2.04 bits per heavy atom. The first-order valence-electron chi connectivity index (χ1n) is 8.20. The van der Waals surface area contributed by atoms with Crippen LogP contribution in [0.4, 0.5) is 0 Å². The molecule has 132 valence electrons. The summed E-state index contributed by atoms with van der Waals surface area (Å²) in [6, 6.07) is 9.05. The van der Waals surface area contributed by atoms with E-state index in [-0.39, 0.29) is 11.9 Å². The molecule has 0 bridgehead atoms. The predicted molar refractivity (Wildman–Crippen MR) is 98.6 cm³/mol. The van der Waals surface area contributed by atoms with Gasteiger partial charge in [-0.25, -0.2) is 14.6 Å². The largest absolute Gasteiger partial charge is 0.332 e. The summed E-state index contributed by atoms with van der Waals surface area (Å²) < 4.78 is 1.54. The number of hydrogen-bond acceptors (Lipinski definition) is 4. The number of amides is 1.